The Labute approximate surface area is 246 Å². The van der Waals surface area contributed by atoms with Crippen molar-refractivity contribution in [1.82, 2.24) is 23.1 Å². The minimum Gasteiger partial charge on any atom is -0.366 e. The fraction of sp³-hybridized carbons (Fsp3) is 0.0645. The minimum atomic E-state index is -1.74. The van der Waals surface area contributed by atoms with Crippen molar-refractivity contribution in [2.45, 2.75) is 0 Å². The average molecular weight is 712 g/mol. The summed E-state index contributed by atoms with van der Waals surface area (Å²) in [5.41, 5.74) is 3.84. The van der Waals surface area contributed by atoms with E-state index >= 15 is 0 Å². The Hall–Kier alpha value is -4.20. The Balaban J connectivity index is 0.000000238. The number of imidazole rings is 2. The van der Waals surface area contributed by atoms with Crippen LogP contribution in [0, 0.1) is 17.7 Å². The maximum atomic E-state index is 13.7. The third-order valence-electron chi connectivity index (χ3n) is 6.76. The van der Waals surface area contributed by atoms with Crippen LogP contribution in [-0.4, -0.2) is 29.5 Å². The van der Waals surface area contributed by atoms with Gasteiger partial charge in [0.1, 0.15) is 36.7 Å². The summed E-state index contributed by atoms with van der Waals surface area (Å²) in [4.78, 5) is 4.22. The Morgan fingerprint density at radius 2 is 1.20 bits per heavy atom. The summed E-state index contributed by atoms with van der Waals surface area (Å²) in [5.74, 6) is -0.586. The van der Waals surface area contributed by atoms with Gasteiger partial charge in [0.25, 0.3) is 0 Å². The van der Waals surface area contributed by atoms with Crippen molar-refractivity contribution in [2.75, 3.05) is 0 Å². The average Bonchev–Trinajstić information content (AvgIpc) is 3.61. The topological polar surface area (TPSA) is 32.6 Å². The third-order valence-corrected chi connectivity index (χ3v) is 6.76. The van der Waals surface area contributed by atoms with Crippen LogP contribution in [-0.2, 0) is 34.2 Å². The molecule has 0 spiro atoms. The van der Waals surface area contributed by atoms with E-state index in [0.29, 0.717) is 0 Å². The fourth-order valence-electron chi connectivity index (χ4n) is 4.95. The van der Waals surface area contributed by atoms with E-state index in [2.05, 4.69) is 20.0 Å². The van der Waals surface area contributed by atoms with Crippen molar-refractivity contribution in [3.8, 4) is 11.3 Å². The van der Waals surface area contributed by atoms with E-state index in [0.717, 1.165) is 22.2 Å². The van der Waals surface area contributed by atoms with Gasteiger partial charge in [0.15, 0.2) is 12.4 Å². The fourth-order valence-corrected chi connectivity index (χ4v) is 4.95. The Morgan fingerprint density at radius 3 is 1.60 bits per heavy atom. The standard InChI is InChI=1S/C20H20BF2N4.C11H8N.Ir/c1-24-11-13-26(15-24)21(27-14-12-25(2)16-27,17-3-7-19(22)8-4-17)18-5-9-20(23)10-6-18;1-2-6-10(7-3-1)11-8-4-5-9-12-11;/h3-16H,1-2H3;1-6,8-9H;/q+1;-1;. The third kappa shape index (κ3) is 6.01. The molecule has 3 aromatic carbocycles. The Morgan fingerprint density at radius 1 is 0.675 bits per heavy atom. The van der Waals surface area contributed by atoms with Crippen molar-refractivity contribution in [2.24, 2.45) is 14.1 Å². The molecule has 0 atom stereocenters. The molecule has 0 aliphatic carbocycles. The number of aryl methyl sites for hydroxylation is 2. The summed E-state index contributed by atoms with van der Waals surface area (Å²) < 4.78 is 35.5. The van der Waals surface area contributed by atoms with Crippen LogP contribution in [0.2, 0.25) is 0 Å². The first-order valence-electron chi connectivity index (χ1n) is 12.6. The molecule has 0 unspecified atom stereocenters. The monoisotopic (exact) mass is 712 g/mol. The molecule has 0 fully saturated rings. The Bertz CT molecular complexity index is 1510. The number of hydrogen-bond acceptors (Lipinski definition) is 1. The molecule has 40 heavy (non-hydrogen) atoms. The van der Waals surface area contributed by atoms with Crippen molar-refractivity contribution < 1.29 is 28.9 Å². The van der Waals surface area contributed by atoms with Crippen molar-refractivity contribution in [3.05, 3.63) is 152 Å². The van der Waals surface area contributed by atoms with Crippen LogP contribution in [0.25, 0.3) is 11.3 Å². The molecule has 0 amide bonds. The molecule has 0 aliphatic heterocycles. The summed E-state index contributed by atoms with van der Waals surface area (Å²) in [6, 6.07) is 29.8. The van der Waals surface area contributed by atoms with E-state index in [1.54, 1.807) is 30.5 Å². The summed E-state index contributed by atoms with van der Waals surface area (Å²) in [7, 11) is 3.89. The molecule has 9 heteroatoms. The van der Waals surface area contributed by atoms with E-state index in [-0.39, 0.29) is 31.7 Å². The summed E-state index contributed by atoms with van der Waals surface area (Å²) >= 11 is 0. The second-order valence-corrected chi connectivity index (χ2v) is 9.42. The molecule has 203 valence electrons. The zero-order chi connectivity index (χ0) is 27.2. The van der Waals surface area contributed by atoms with Crippen LogP contribution in [0.5, 0.6) is 0 Å². The van der Waals surface area contributed by atoms with E-state index in [4.69, 9.17) is 0 Å². The van der Waals surface area contributed by atoms with Crippen LogP contribution in [0.4, 0.5) is 8.78 Å². The van der Waals surface area contributed by atoms with Gasteiger partial charge in [-0.3, -0.25) is 0 Å². The number of pyridine rings is 1. The largest absolute Gasteiger partial charge is 0.366 e. The number of aromatic nitrogens is 5. The summed E-state index contributed by atoms with van der Waals surface area (Å²) in [5, 5.41) is 0. The van der Waals surface area contributed by atoms with Crippen LogP contribution in [0.15, 0.2) is 135 Å². The number of hydrogen-bond donors (Lipinski definition) is 0. The van der Waals surface area contributed by atoms with Gasteiger partial charge in [0, 0.05) is 40.4 Å². The maximum Gasteiger partial charge on any atom is 0.302 e. The first-order valence-corrected chi connectivity index (χ1v) is 12.6. The van der Waals surface area contributed by atoms with Gasteiger partial charge >= 0.3 is 6.42 Å². The smallest absolute Gasteiger partial charge is 0.302 e. The van der Waals surface area contributed by atoms with E-state index in [1.807, 2.05) is 103 Å². The maximum absolute atomic E-state index is 13.7. The molecule has 3 heterocycles. The molecular weight excluding hydrogens is 683 g/mol. The molecule has 6 aromatic rings. The number of rotatable bonds is 5. The summed E-state index contributed by atoms with van der Waals surface area (Å²) in [6.07, 6.45) is 11.9. The van der Waals surface area contributed by atoms with E-state index in [1.165, 1.54) is 24.3 Å². The number of halogens is 2. The van der Waals surface area contributed by atoms with E-state index in [9.17, 15) is 8.78 Å². The van der Waals surface area contributed by atoms with Gasteiger partial charge in [0.2, 0.25) is 0 Å². The van der Waals surface area contributed by atoms with Crippen LogP contribution >= 0.6 is 0 Å². The molecule has 0 N–H and O–H groups in total. The molecule has 0 saturated heterocycles. The second kappa shape index (κ2) is 12.8. The SMILES string of the molecule is Cn1ccn([B-](c2ccc(F)cc2)(c2ccc(F)cc2)n2ccn(C)[cH+]2)[cH+]1.[Ir].[c-]1ccccc1-c1ccccn1. The molecule has 0 aliphatic rings. The van der Waals surface area contributed by atoms with Gasteiger partial charge in [0.05, 0.1) is 0 Å². The molecule has 3 aromatic heterocycles. The van der Waals surface area contributed by atoms with E-state index < -0.39 is 6.42 Å². The van der Waals surface area contributed by atoms with Gasteiger partial charge in [-0.2, -0.15) is 10.9 Å². The number of nitrogens with zero attached hydrogens (tertiary/aromatic N) is 5. The van der Waals surface area contributed by atoms with Crippen LogP contribution < -0.4 is 10.9 Å². The molecule has 5 nitrogen and oxygen atoms in total. The summed E-state index contributed by atoms with van der Waals surface area (Å²) in [6.45, 7) is 0. The first kappa shape index (κ1) is 28.8. The van der Waals surface area contributed by atoms with Gasteiger partial charge in [-0.15, -0.1) is 35.9 Å². The molecule has 6 rings (SSSR count). The predicted molar refractivity (Wildman–Crippen MR) is 153 cm³/mol. The quantitative estimate of drug-likeness (QED) is 0.183. The number of benzene rings is 3. The van der Waals surface area contributed by atoms with Gasteiger partial charge < -0.3 is 13.9 Å². The van der Waals surface area contributed by atoms with Gasteiger partial charge in [-0.1, -0.05) is 36.4 Å². The minimum absolute atomic E-state index is 0. The Kier molecular flexibility index (Phi) is 9.20. The molecule has 0 saturated carbocycles. The molecule has 1 radical (unpaired) electrons. The van der Waals surface area contributed by atoms with Crippen LogP contribution in [0.1, 0.15) is 0 Å². The van der Waals surface area contributed by atoms with Crippen LogP contribution in [0.3, 0.4) is 0 Å². The zero-order valence-corrected chi connectivity index (χ0v) is 24.5. The zero-order valence-electron chi connectivity index (χ0n) is 22.1. The van der Waals surface area contributed by atoms with Gasteiger partial charge in [-0.05, 0) is 36.0 Å². The normalized spacial score (nSPS) is 10.8. The predicted octanol–water partition coefficient (Wildman–Crippen LogP) is 5.01. The van der Waals surface area contributed by atoms with Gasteiger partial charge in [-0.25, -0.2) is 17.9 Å². The molecule has 0 bridgehead atoms. The second-order valence-electron chi connectivity index (χ2n) is 9.42. The molecular formula is C31H28BF2IrN5. The van der Waals surface area contributed by atoms with Crippen molar-refractivity contribution in [3.63, 3.8) is 0 Å². The van der Waals surface area contributed by atoms with Crippen molar-refractivity contribution >= 4 is 17.3 Å². The van der Waals surface area contributed by atoms with Crippen molar-refractivity contribution in [1.29, 1.82) is 0 Å². The first-order chi connectivity index (χ1) is 19.0.